The molecule has 0 aliphatic carbocycles. The van der Waals surface area contributed by atoms with E-state index in [-0.39, 0.29) is 12.8 Å². The van der Waals surface area contributed by atoms with Crippen LogP contribution in [-0.4, -0.2) is 85.3 Å². The van der Waals surface area contributed by atoms with Crippen LogP contribution in [0.2, 0.25) is 0 Å². The number of nitrogens with zero attached hydrogens (tertiary/aromatic N) is 4. The maximum Gasteiger partial charge on any atom is 0.434 e. The first-order valence-electron chi connectivity index (χ1n) is 10.5. The number of hydrogen-bond donors (Lipinski definition) is 0. The van der Waals surface area contributed by atoms with Gasteiger partial charge in [0.1, 0.15) is 0 Å². The minimum absolute atomic E-state index is 0.0991. The van der Waals surface area contributed by atoms with Gasteiger partial charge in [-0.15, -0.1) is 5.06 Å². The fourth-order valence-electron chi connectivity index (χ4n) is 4.08. The summed E-state index contributed by atoms with van der Waals surface area (Å²) >= 11 is 0. The Morgan fingerprint density at radius 1 is 1.00 bits per heavy atom. The van der Waals surface area contributed by atoms with E-state index in [9.17, 15) is 14.4 Å². The molecule has 0 radical (unpaired) electrons. The molecular weight excluding hydrogens is 388 g/mol. The number of piperazine rings is 1. The SMILES string of the molecule is Cc1ccc(N2CCOCC2)c(CN2CCN(C(=O)ON3C(=O)CCC3=O)CC2)c1. The van der Waals surface area contributed by atoms with Crippen LogP contribution in [0.15, 0.2) is 18.2 Å². The molecule has 3 fully saturated rings. The average molecular weight is 416 g/mol. The van der Waals surface area contributed by atoms with Crippen molar-refractivity contribution >= 4 is 23.6 Å². The number of morpholine rings is 1. The van der Waals surface area contributed by atoms with Gasteiger partial charge in [0.05, 0.1) is 13.2 Å². The summed E-state index contributed by atoms with van der Waals surface area (Å²) in [4.78, 5) is 46.9. The van der Waals surface area contributed by atoms with Crippen molar-refractivity contribution in [2.24, 2.45) is 0 Å². The molecule has 0 N–H and O–H groups in total. The molecule has 3 saturated heterocycles. The van der Waals surface area contributed by atoms with Gasteiger partial charge in [0.25, 0.3) is 11.8 Å². The molecule has 1 aromatic rings. The number of rotatable bonds is 4. The van der Waals surface area contributed by atoms with E-state index in [4.69, 9.17) is 9.57 Å². The smallest absolute Gasteiger partial charge is 0.378 e. The summed E-state index contributed by atoms with van der Waals surface area (Å²) in [6.07, 6.45) is -0.438. The lowest BCUT2D eigenvalue weighted by Gasteiger charge is -2.36. The Morgan fingerprint density at radius 3 is 2.33 bits per heavy atom. The first kappa shape index (κ1) is 20.6. The van der Waals surface area contributed by atoms with Crippen molar-refractivity contribution in [3.8, 4) is 0 Å². The van der Waals surface area contributed by atoms with Crippen LogP contribution in [0.5, 0.6) is 0 Å². The number of amides is 3. The van der Waals surface area contributed by atoms with Gasteiger partial charge >= 0.3 is 6.09 Å². The zero-order valence-corrected chi connectivity index (χ0v) is 17.3. The lowest BCUT2D eigenvalue weighted by atomic mass is 10.1. The summed E-state index contributed by atoms with van der Waals surface area (Å²) in [6, 6.07) is 6.56. The van der Waals surface area contributed by atoms with Gasteiger partial charge in [-0.25, -0.2) is 4.79 Å². The van der Waals surface area contributed by atoms with Gasteiger partial charge in [0.15, 0.2) is 0 Å². The summed E-state index contributed by atoms with van der Waals surface area (Å²) in [5.41, 5.74) is 3.75. The molecule has 3 aliphatic heterocycles. The van der Waals surface area contributed by atoms with Gasteiger partial charge in [-0.3, -0.25) is 14.5 Å². The number of aryl methyl sites for hydroxylation is 1. The average Bonchev–Trinajstić information content (AvgIpc) is 3.07. The van der Waals surface area contributed by atoms with Crippen molar-refractivity contribution in [1.82, 2.24) is 14.9 Å². The molecule has 162 valence electrons. The zero-order valence-electron chi connectivity index (χ0n) is 17.3. The lowest BCUT2D eigenvalue weighted by Crippen LogP contribution is -2.50. The number of benzene rings is 1. The second kappa shape index (κ2) is 9.01. The largest absolute Gasteiger partial charge is 0.434 e. The summed E-state index contributed by atoms with van der Waals surface area (Å²) in [5, 5.41) is 0.607. The Labute approximate surface area is 176 Å². The first-order chi connectivity index (χ1) is 14.5. The lowest BCUT2D eigenvalue weighted by molar-refractivity contribution is -0.174. The molecule has 3 aliphatic rings. The first-order valence-corrected chi connectivity index (χ1v) is 10.5. The van der Waals surface area contributed by atoms with E-state index < -0.39 is 17.9 Å². The minimum Gasteiger partial charge on any atom is -0.378 e. The maximum absolute atomic E-state index is 12.3. The molecule has 1 aromatic carbocycles. The highest BCUT2D eigenvalue weighted by Crippen LogP contribution is 2.25. The van der Waals surface area contributed by atoms with Crippen LogP contribution in [0.4, 0.5) is 10.5 Å². The molecule has 30 heavy (non-hydrogen) atoms. The third kappa shape index (κ3) is 4.57. The Hall–Kier alpha value is -2.65. The highest BCUT2D eigenvalue weighted by Gasteiger charge is 2.35. The number of carbonyl (C=O) groups excluding carboxylic acids is 3. The van der Waals surface area contributed by atoms with E-state index >= 15 is 0 Å². The quantitative estimate of drug-likeness (QED) is 0.681. The zero-order chi connectivity index (χ0) is 21.1. The van der Waals surface area contributed by atoms with Crippen LogP contribution in [0.3, 0.4) is 0 Å². The number of carbonyl (C=O) groups is 3. The molecule has 0 aromatic heterocycles. The highest BCUT2D eigenvalue weighted by molar-refractivity contribution is 6.01. The Balaban J connectivity index is 1.34. The minimum atomic E-state index is -0.636. The van der Waals surface area contributed by atoms with Crippen molar-refractivity contribution in [3.05, 3.63) is 29.3 Å². The normalized spacial score (nSPS) is 20.8. The Bertz CT molecular complexity index is 800. The fourth-order valence-corrected chi connectivity index (χ4v) is 4.08. The van der Waals surface area contributed by atoms with Gasteiger partial charge in [-0.05, 0) is 18.6 Å². The molecule has 3 heterocycles. The standard InChI is InChI=1S/C21H28N4O5/c1-16-2-3-18(23-10-12-29-13-11-23)17(14-16)15-22-6-8-24(9-7-22)21(28)30-25-19(26)4-5-20(25)27/h2-3,14H,4-13,15H2,1H3. The van der Waals surface area contributed by atoms with Crippen LogP contribution in [0, 0.1) is 6.92 Å². The van der Waals surface area contributed by atoms with Gasteiger partial charge in [-0.1, -0.05) is 17.7 Å². The predicted octanol–water partition coefficient (Wildman–Crippen LogP) is 1.15. The molecule has 3 amide bonds. The number of ether oxygens (including phenoxy) is 1. The van der Waals surface area contributed by atoms with Crippen LogP contribution < -0.4 is 4.90 Å². The molecule has 0 unspecified atom stereocenters. The monoisotopic (exact) mass is 416 g/mol. The summed E-state index contributed by atoms with van der Waals surface area (Å²) in [5.74, 6) is -0.913. The van der Waals surface area contributed by atoms with Crippen LogP contribution >= 0.6 is 0 Å². The Kier molecular flexibility index (Phi) is 6.19. The molecule has 0 bridgehead atoms. The fraction of sp³-hybridized carbons (Fsp3) is 0.571. The van der Waals surface area contributed by atoms with E-state index in [1.165, 1.54) is 16.8 Å². The van der Waals surface area contributed by atoms with Gasteiger partial charge < -0.3 is 19.4 Å². The third-order valence-corrected chi connectivity index (χ3v) is 5.79. The van der Waals surface area contributed by atoms with Crippen molar-refractivity contribution in [3.63, 3.8) is 0 Å². The van der Waals surface area contributed by atoms with Crippen LogP contribution in [0.1, 0.15) is 24.0 Å². The van der Waals surface area contributed by atoms with Crippen molar-refractivity contribution in [2.45, 2.75) is 26.3 Å². The molecule has 0 atom stereocenters. The van der Waals surface area contributed by atoms with E-state index in [0.29, 0.717) is 31.2 Å². The number of hydroxylamine groups is 2. The number of imide groups is 1. The maximum atomic E-state index is 12.3. The van der Waals surface area contributed by atoms with E-state index in [0.717, 1.165) is 32.8 Å². The predicted molar refractivity (Wildman–Crippen MR) is 109 cm³/mol. The molecule has 9 nitrogen and oxygen atoms in total. The number of hydrogen-bond acceptors (Lipinski definition) is 7. The van der Waals surface area contributed by atoms with Crippen LogP contribution in [0.25, 0.3) is 0 Å². The summed E-state index contributed by atoms with van der Waals surface area (Å²) in [6.45, 7) is 8.57. The Morgan fingerprint density at radius 2 is 1.67 bits per heavy atom. The summed E-state index contributed by atoms with van der Waals surface area (Å²) in [7, 11) is 0. The van der Waals surface area contributed by atoms with Crippen molar-refractivity contribution < 1.29 is 24.0 Å². The topological polar surface area (TPSA) is 82.6 Å². The molecule has 0 saturated carbocycles. The molecule has 4 rings (SSSR count). The van der Waals surface area contributed by atoms with Crippen molar-refractivity contribution in [2.75, 3.05) is 57.4 Å². The third-order valence-electron chi connectivity index (χ3n) is 5.79. The second-order valence-corrected chi connectivity index (χ2v) is 7.93. The van der Waals surface area contributed by atoms with Gasteiger partial charge in [0.2, 0.25) is 0 Å². The second-order valence-electron chi connectivity index (χ2n) is 7.93. The van der Waals surface area contributed by atoms with E-state index in [2.05, 4.69) is 34.9 Å². The molecule has 0 spiro atoms. The molecule has 9 heteroatoms. The van der Waals surface area contributed by atoms with Crippen molar-refractivity contribution in [1.29, 1.82) is 0 Å². The van der Waals surface area contributed by atoms with Crippen LogP contribution in [-0.2, 0) is 25.7 Å². The number of anilines is 1. The van der Waals surface area contributed by atoms with E-state index in [1.807, 2.05) is 0 Å². The van der Waals surface area contributed by atoms with E-state index in [1.54, 1.807) is 4.90 Å². The summed E-state index contributed by atoms with van der Waals surface area (Å²) < 4.78 is 5.48. The molecular formula is C21H28N4O5. The van der Waals surface area contributed by atoms with Gasteiger partial charge in [-0.2, -0.15) is 0 Å². The highest BCUT2D eigenvalue weighted by atomic mass is 16.7. The van der Waals surface area contributed by atoms with Gasteiger partial charge in [0, 0.05) is 64.3 Å².